The van der Waals surface area contributed by atoms with Crippen LogP contribution in [0.4, 0.5) is 0 Å². The Kier molecular flexibility index (Phi) is 8.25. The Bertz CT molecular complexity index is 1240. The second-order valence-electron chi connectivity index (χ2n) is 8.90. The summed E-state index contributed by atoms with van der Waals surface area (Å²) in [5.41, 5.74) is 3.67. The molecule has 1 unspecified atom stereocenters. The molecule has 3 aromatic rings. The monoisotopic (exact) mass is 495 g/mol. The molecule has 1 atom stereocenters. The predicted molar refractivity (Wildman–Crippen MR) is 143 cm³/mol. The van der Waals surface area contributed by atoms with E-state index in [1.807, 2.05) is 48.2 Å². The van der Waals surface area contributed by atoms with Gasteiger partial charge in [0.15, 0.2) is 16.6 Å². The molecule has 186 valence electrons. The first kappa shape index (κ1) is 25.0. The van der Waals surface area contributed by atoms with Gasteiger partial charge in [0.05, 0.1) is 26.9 Å². The van der Waals surface area contributed by atoms with Crippen LogP contribution >= 0.6 is 12.2 Å². The van der Waals surface area contributed by atoms with Crippen molar-refractivity contribution in [1.29, 1.82) is 0 Å². The lowest BCUT2D eigenvalue weighted by atomic mass is 10.1. The average Bonchev–Trinajstić information content (AvgIpc) is 3.37. The van der Waals surface area contributed by atoms with E-state index in [0.29, 0.717) is 41.8 Å². The minimum absolute atomic E-state index is 0.0893. The van der Waals surface area contributed by atoms with Gasteiger partial charge in [-0.05, 0) is 79.2 Å². The Morgan fingerprint density at radius 3 is 2.74 bits per heavy atom. The number of nitrogens with zero attached hydrogens (tertiary/aromatic N) is 1. The minimum Gasteiger partial charge on any atom is -0.493 e. The van der Waals surface area contributed by atoms with Gasteiger partial charge >= 0.3 is 0 Å². The van der Waals surface area contributed by atoms with Crippen molar-refractivity contribution in [2.45, 2.75) is 38.8 Å². The summed E-state index contributed by atoms with van der Waals surface area (Å²) in [5.74, 6) is 1.41. The first-order valence-corrected chi connectivity index (χ1v) is 12.4. The molecule has 1 aromatic heterocycles. The molecule has 1 aliphatic rings. The Labute approximate surface area is 211 Å². The van der Waals surface area contributed by atoms with Crippen LogP contribution < -0.4 is 20.3 Å². The van der Waals surface area contributed by atoms with Gasteiger partial charge in [-0.25, -0.2) is 0 Å². The molecule has 35 heavy (non-hydrogen) atoms. The van der Waals surface area contributed by atoms with Gasteiger partial charge in [-0.2, -0.15) is 0 Å². The maximum absolute atomic E-state index is 12.9. The fourth-order valence-corrected chi connectivity index (χ4v) is 4.64. The van der Waals surface area contributed by atoms with E-state index in [4.69, 9.17) is 26.4 Å². The van der Waals surface area contributed by atoms with Crippen LogP contribution in [0.15, 0.2) is 47.3 Å². The van der Waals surface area contributed by atoms with Gasteiger partial charge in [0.25, 0.3) is 5.56 Å². The van der Waals surface area contributed by atoms with Crippen LogP contribution in [0.3, 0.4) is 0 Å². The standard InChI is InChI=1S/C27H33N3O4S/c1-18-6-8-20-15-21(26(31)29-23(20)13-18)16-30(17-22-5-4-12-34-22)27(35)28-11-10-19-7-9-24(32-2)25(14-19)33-3/h6-9,13-15,22H,4-5,10-12,16-17H2,1-3H3,(H,28,35)(H,29,31). The molecule has 0 bridgehead atoms. The average molecular weight is 496 g/mol. The summed E-state index contributed by atoms with van der Waals surface area (Å²) in [7, 11) is 3.26. The number of hydrogen-bond donors (Lipinski definition) is 2. The van der Waals surface area contributed by atoms with Gasteiger partial charge in [-0.15, -0.1) is 0 Å². The zero-order chi connectivity index (χ0) is 24.8. The Morgan fingerprint density at radius 1 is 1.17 bits per heavy atom. The summed E-state index contributed by atoms with van der Waals surface area (Å²) < 4.78 is 16.6. The van der Waals surface area contributed by atoms with Crippen LogP contribution in [0.5, 0.6) is 11.5 Å². The van der Waals surface area contributed by atoms with Crippen molar-refractivity contribution in [3.8, 4) is 11.5 Å². The Hall–Kier alpha value is -3.10. The molecule has 0 aliphatic carbocycles. The lowest BCUT2D eigenvalue weighted by molar-refractivity contribution is 0.0897. The van der Waals surface area contributed by atoms with Crippen LogP contribution in [-0.4, -0.2) is 55.0 Å². The van der Waals surface area contributed by atoms with Crippen LogP contribution in [0.2, 0.25) is 0 Å². The van der Waals surface area contributed by atoms with Gasteiger partial charge in [0.1, 0.15) is 0 Å². The minimum atomic E-state index is -0.0893. The third-order valence-corrected chi connectivity index (χ3v) is 6.72. The van der Waals surface area contributed by atoms with E-state index in [0.717, 1.165) is 47.9 Å². The summed E-state index contributed by atoms with van der Waals surface area (Å²) in [5, 5.41) is 5.00. The second-order valence-corrected chi connectivity index (χ2v) is 9.29. The lowest BCUT2D eigenvalue weighted by Crippen LogP contribution is -2.44. The number of methoxy groups -OCH3 is 2. The van der Waals surface area contributed by atoms with E-state index in [-0.39, 0.29) is 11.7 Å². The zero-order valence-corrected chi connectivity index (χ0v) is 21.4. The van der Waals surface area contributed by atoms with Crippen molar-refractivity contribution >= 4 is 28.2 Å². The third-order valence-electron chi connectivity index (χ3n) is 6.31. The Balaban J connectivity index is 1.46. The highest BCUT2D eigenvalue weighted by molar-refractivity contribution is 7.80. The largest absolute Gasteiger partial charge is 0.493 e. The lowest BCUT2D eigenvalue weighted by Gasteiger charge is -2.28. The highest BCUT2D eigenvalue weighted by atomic mass is 32.1. The number of thiocarbonyl (C=S) groups is 1. The number of hydrogen-bond acceptors (Lipinski definition) is 5. The second kappa shape index (κ2) is 11.6. The summed E-state index contributed by atoms with van der Waals surface area (Å²) >= 11 is 5.77. The number of aromatic nitrogens is 1. The van der Waals surface area contributed by atoms with Crippen molar-refractivity contribution in [1.82, 2.24) is 15.2 Å². The van der Waals surface area contributed by atoms with Crippen molar-refractivity contribution in [2.24, 2.45) is 0 Å². The molecule has 0 saturated carbocycles. The van der Waals surface area contributed by atoms with Crippen LogP contribution in [-0.2, 0) is 17.7 Å². The number of benzene rings is 2. The number of H-pyrrole nitrogens is 1. The molecule has 1 fully saturated rings. The van der Waals surface area contributed by atoms with Crippen molar-refractivity contribution in [3.05, 3.63) is 69.5 Å². The predicted octanol–water partition coefficient (Wildman–Crippen LogP) is 3.95. The molecule has 1 saturated heterocycles. The van der Waals surface area contributed by atoms with Gasteiger partial charge in [0.2, 0.25) is 0 Å². The molecule has 7 nitrogen and oxygen atoms in total. The van der Waals surface area contributed by atoms with Crippen LogP contribution in [0, 0.1) is 6.92 Å². The molecule has 0 radical (unpaired) electrons. The molecule has 0 spiro atoms. The topological polar surface area (TPSA) is 75.8 Å². The van der Waals surface area contributed by atoms with E-state index >= 15 is 0 Å². The molecule has 2 aromatic carbocycles. The number of pyridine rings is 1. The van der Waals surface area contributed by atoms with Gasteiger partial charge in [-0.3, -0.25) is 4.79 Å². The summed E-state index contributed by atoms with van der Waals surface area (Å²) in [4.78, 5) is 17.9. The fourth-order valence-electron chi connectivity index (χ4n) is 4.40. The third kappa shape index (κ3) is 6.32. The smallest absolute Gasteiger partial charge is 0.253 e. The SMILES string of the molecule is COc1ccc(CCNC(=S)N(Cc2cc3ccc(C)cc3[nH]c2=O)CC2CCCO2)cc1OC. The summed E-state index contributed by atoms with van der Waals surface area (Å²) in [6, 6.07) is 13.9. The van der Waals surface area contributed by atoms with Crippen molar-refractivity contribution in [3.63, 3.8) is 0 Å². The van der Waals surface area contributed by atoms with Crippen molar-refractivity contribution < 1.29 is 14.2 Å². The maximum Gasteiger partial charge on any atom is 0.253 e. The molecule has 2 N–H and O–H groups in total. The number of aryl methyl sites for hydroxylation is 1. The molecule has 2 heterocycles. The van der Waals surface area contributed by atoms with Gasteiger partial charge in [-0.1, -0.05) is 18.2 Å². The van der Waals surface area contributed by atoms with Crippen LogP contribution in [0.25, 0.3) is 10.9 Å². The van der Waals surface area contributed by atoms with E-state index in [1.54, 1.807) is 14.2 Å². The molecule has 1 aliphatic heterocycles. The quantitative estimate of drug-likeness (QED) is 0.435. The normalized spacial score (nSPS) is 15.2. The first-order chi connectivity index (χ1) is 17.0. The number of nitrogens with one attached hydrogen (secondary N) is 2. The zero-order valence-electron chi connectivity index (χ0n) is 20.6. The Morgan fingerprint density at radius 2 is 2.00 bits per heavy atom. The first-order valence-electron chi connectivity index (χ1n) is 11.9. The number of aromatic amines is 1. The van der Waals surface area contributed by atoms with Gasteiger partial charge in [0, 0.05) is 30.8 Å². The molecular weight excluding hydrogens is 462 g/mol. The number of rotatable bonds is 9. The number of ether oxygens (including phenoxy) is 3. The van der Waals surface area contributed by atoms with E-state index in [2.05, 4.69) is 16.4 Å². The highest BCUT2D eigenvalue weighted by Crippen LogP contribution is 2.27. The molecule has 0 amide bonds. The summed E-state index contributed by atoms with van der Waals surface area (Å²) in [6.45, 7) is 4.51. The van der Waals surface area contributed by atoms with Crippen LogP contribution in [0.1, 0.15) is 29.5 Å². The molecule has 4 rings (SSSR count). The molecular formula is C27H33N3O4S. The number of fused-ring (bicyclic) bond motifs is 1. The summed E-state index contributed by atoms with van der Waals surface area (Å²) in [6.07, 6.45) is 2.93. The van der Waals surface area contributed by atoms with E-state index in [9.17, 15) is 4.79 Å². The van der Waals surface area contributed by atoms with E-state index in [1.165, 1.54) is 0 Å². The van der Waals surface area contributed by atoms with Gasteiger partial charge < -0.3 is 29.4 Å². The van der Waals surface area contributed by atoms with E-state index < -0.39 is 0 Å². The molecule has 8 heteroatoms. The van der Waals surface area contributed by atoms with Crippen molar-refractivity contribution in [2.75, 3.05) is 33.9 Å². The fraction of sp³-hybridized carbons (Fsp3) is 0.407. The highest BCUT2D eigenvalue weighted by Gasteiger charge is 2.22. The maximum atomic E-state index is 12.9.